The highest BCUT2D eigenvalue weighted by molar-refractivity contribution is 9.10. The number of amides is 1. The van der Waals surface area contributed by atoms with Crippen molar-refractivity contribution in [3.8, 4) is 0 Å². The first kappa shape index (κ1) is 16.0. The number of carboxylic acids is 1. The highest BCUT2D eigenvalue weighted by Gasteiger charge is 2.13. The maximum atomic E-state index is 11.7. The predicted octanol–water partition coefficient (Wildman–Crippen LogP) is 2.70. The molecule has 0 saturated carbocycles. The summed E-state index contributed by atoms with van der Waals surface area (Å²) in [5, 5.41) is 8.62. The van der Waals surface area contributed by atoms with Crippen molar-refractivity contribution in [3.05, 3.63) is 27.7 Å². The molecule has 1 rings (SSSR count). The highest BCUT2D eigenvalue weighted by atomic mass is 79.9. The molecule has 0 saturated heterocycles. The molecule has 6 heteroatoms. The number of aryl methyl sites for hydroxylation is 2. The van der Waals surface area contributed by atoms with E-state index in [0.717, 1.165) is 20.5 Å². The first-order valence-electron chi connectivity index (χ1n) is 5.66. The molecule has 1 amide bonds. The van der Waals surface area contributed by atoms with Gasteiger partial charge in [0.05, 0.1) is 5.75 Å². The lowest BCUT2D eigenvalue weighted by Crippen LogP contribution is -2.33. The Morgan fingerprint density at radius 3 is 2.53 bits per heavy atom. The van der Waals surface area contributed by atoms with Crippen molar-refractivity contribution < 1.29 is 14.7 Å². The molecule has 0 aliphatic rings. The Hall–Kier alpha value is -1.01. The Morgan fingerprint density at radius 1 is 1.32 bits per heavy atom. The van der Waals surface area contributed by atoms with Crippen molar-refractivity contribution in [1.29, 1.82) is 0 Å². The Balaban J connectivity index is 2.64. The summed E-state index contributed by atoms with van der Waals surface area (Å²) in [6, 6.07) is 4.04. The third-order valence-corrected chi connectivity index (χ3v) is 4.60. The van der Waals surface area contributed by atoms with Crippen molar-refractivity contribution in [3.63, 3.8) is 0 Å². The quantitative estimate of drug-likeness (QED) is 0.833. The van der Waals surface area contributed by atoms with Crippen LogP contribution in [0.25, 0.3) is 0 Å². The van der Waals surface area contributed by atoms with Crippen LogP contribution in [0.3, 0.4) is 0 Å². The van der Waals surface area contributed by atoms with Crippen LogP contribution in [0.15, 0.2) is 21.5 Å². The molecular formula is C13H16BrNO3S. The minimum Gasteiger partial charge on any atom is -0.480 e. The molecule has 0 unspecified atom stereocenters. The summed E-state index contributed by atoms with van der Waals surface area (Å²) in [6.07, 6.45) is 0. The van der Waals surface area contributed by atoms with Crippen molar-refractivity contribution in [2.24, 2.45) is 0 Å². The third-order valence-electron chi connectivity index (χ3n) is 2.61. The van der Waals surface area contributed by atoms with E-state index in [-0.39, 0.29) is 18.2 Å². The molecule has 0 fully saturated rings. The SMILES string of the molecule is Cc1cc(SCC(=O)N(C)CC(=O)O)c(C)cc1Br. The highest BCUT2D eigenvalue weighted by Crippen LogP contribution is 2.28. The van der Waals surface area contributed by atoms with E-state index in [1.54, 1.807) is 0 Å². The minimum absolute atomic E-state index is 0.188. The average Bonchev–Trinajstić information content (AvgIpc) is 2.30. The number of carbonyl (C=O) groups excluding carboxylic acids is 1. The fourth-order valence-electron chi connectivity index (χ4n) is 1.45. The second-order valence-electron chi connectivity index (χ2n) is 4.30. The maximum Gasteiger partial charge on any atom is 0.323 e. The zero-order valence-corrected chi connectivity index (χ0v) is 13.5. The Bertz CT molecular complexity index is 505. The van der Waals surface area contributed by atoms with Gasteiger partial charge in [-0.15, -0.1) is 11.8 Å². The van der Waals surface area contributed by atoms with Crippen LogP contribution < -0.4 is 0 Å². The van der Waals surface area contributed by atoms with Gasteiger partial charge in [-0.2, -0.15) is 0 Å². The van der Waals surface area contributed by atoms with Gasteiger partial charge < -0.3 is 10.0 Å². The number of carbonyl (C=O) groups is 2. The molecule has 0 aliphatic heterocycles. The zero-order valence-electron chi connectivity index (χ0n) is 11.1. The first-order chi connectivity index (χ1) is 8.81. The van der Waals surface area contributed by atoms with E-state index in [1.807, 2.05) is 26.0 Å². The largest absolute Gasteiger partial charge is 0.480 e. The van der Waals surface area contributed by atoms with Gasteiger partial charge in [0.1, 0.15) is 6.54 Å². The molecule has 4 nitrogen and oxygen atoms in total. The summed E-state index contributed by atoms with van der Waals surface area (Å²) < 4.78 is 1.05. The number of nitrogens with zero attached hydrogens (tertiary/aromatic N) is 1. The van der Waals surface area contributed by atoms with E-state index < -0.39 is 5.97 Å². The van der Waals surface area contributed by atoms with Crippen LogP contribution in [-0.2, 0) is 9.59 Å². The fourth-order valence-corrected chi connectivity index (χ4v) is 2.95. The Labute approximate surface area is 125 Å². The number of aliphatic carboxylic acids is 1. The summed E-state index contributed by atoms with van der Waals surface area (Å²) >= 11 is 4.89. The topological polar surface area (TPSA) is 57.6 Å². The van der Waals surface area contributed by atoms with Crippen LogP contribution in [0.2, 0.25) is 0 Å². The molecule has 0 spiro atoms. The van der Waals surface area contributed by atoms with Crippen LogP contribution in [0.5, 0.6) is 0 Å². The standard InChI is InChI=1S/C13H16BrNO3S/c1-8-5-11(9(2)4-10(8)14)19-7-12(16)15(3)6-13(17)18/h4-5H,6-7H2,1-3H3,(H,17,18). The van der Waals surface area contributed by atoms with E-state index in [0.29, 0.717) is 0 Å². The zero-order chi connectivity index (χ0) is 14.6. The van der Waals surface area contributed by atoms with Crippen molar-refractivity contribution in [1.82, 2.24) is 4.90 Å². The molecule has 19 heavy (non-hydrogen) atoms. The number of likely N-dealkylation sites (N-methyl/N-ethyl adjacent to an activating group) is 1. The number of hydrogen-bond donors (Lipinski definition) is 1. The normalized spacial score (nSPS) is 10.3. The van der Waals surface area contributed by atoms with Crippen LogP contribution in [-0.4, -0.2) is 41.2 Å². The Kier molecular flexibility index (Phi) is 5.87. The number of hydrogen-bond acceptors (Lipinski definition) is 3. The number of thioether (sulfide) groups is 1. The Morgan fingerprint density at radius 2 is 1.95 bits per heavy atom. The first-order valence-corrected chi connectivity index (χ1v) is 7.44. The molecule has 1 aromatic carbocycles. The smallest absolute Gasteiger partial charge is 0.323 e. The molecule has 0 bridgehead atoms. The van der Waals surface area contributed by atoms with E-state index >= 15 is 0 Å². The van der Waals surface area contributed by atoms with Crippen LogP contribution >= 0.6 is 27.7 Å². The molecule has 0 heterocycles. The molecule has 0 radical (unpaired) electrons. The fraction of sp³-hybridized carbons (Fsp3) is 0.385. The number of halogens is 1. The molecule has 0 aromatic heterocycles. The molecular weight excluding hydrogens is 330 g/mol. The van der Waals surface area contributed by atoms with Gasteiger partial charge in [0.15, 0.2) is 0 Å². The van der Waals surface area contributed by atoms with Gasteiger partial charge in [-0.05, 0) is 37.1 Å². The van der Waals surface area contributed by atoms with Gasteiger partial charge in [0.25, 0.3) is 0 Å². The monoisotopic (exact) mass is 345 g/mol. The van der Waals surface area contributed by atoms with Gasteiger partial charge in [0, 0.05) is 16.4 Å². The van der Waals surface area contributed by atoms with Crippen molar-refractivity contribution in [2.75, 3.05) is 19.3 Å². The summed E-state index contributed by atoms with van der Waals surface area (Å²) in [5.74, 6) is -0.949. The average molecular weight is 346 g/mol. The molecule has 104 valence electrons. The van der Waals surface area contributed by atoms with Gasteiger partial charge in [-0.1, -0.05) is 15.9 Å². The molecule has 1 N–H and O–H groups in total. The summed E-state index contributed by atoms with van der Waals surface area (Å²) in [7, 11) is 1.50. The summed E-state index contributed by atoms with van der Waals surface area (Å²) in [4.78, 5) is 24.5. The minimum atomic E-state index is -1.00. The van der Waals surface area contributed by atoms with Gasteiger partial charge in [-0.3, -0.25) is 9.59 Å². The van der Waals surface area contributed by atoms with Gasteiger partial charge in [-0.25, -0.2) is 0 Å². The van der Waals surface area contributed by atoms with Crippen molar-refractivity contribution >= 4 is 39.6 Å². The lowest BCUT2D eigenvalue weighted by Gasteiger charge is -2.15. The van der Waals surface area contributed by atoms with Crippen LogP contribution in [0, 0.1) is 13.8 Å². The van der Waals surface area contributed by atoms with E-state index in [9.17, 15) is 9.59 Å². The lowest BCUT2D eigenvalue weighted by atomic mass is 10.2. The van der Waals surface area contributed by atoms with Gasteiger partial charge in [0.2, 0.25) is 5.91 Å². The lowest BCUT2D eigenvalue weighted by molar-refractivity contribution is -0.142. The van der Waals surface area contributed by atoms with E-state index in [1.165, 1.54) is 23.7 Å². The number of carboxylic acid groups (broad SMARTS) is 1. The second kappa shape index (κ2) is 6.96. The summed E-state index contributed by atoms with van der Waals surface area (Å²) in [5.41, 5.74) is 2.20. The van der Waals surface area contributed by atoms with E-state index in [4.69, 9.17) is 5.11 Å². The molecule has 1 aromatic rings. The predicted molar refractivity (Wildman–Crippen MR) is 79.6 cm³/mol. The van der Waals surface area contributed by atoms with Gasteiger partial charge >= 0.3 is 5.97 Å². The number of rotatable bonds is 5. The number of benzene rings is 1. The van der Waals surface area contributed by atoms with Crippen molar-refractivity contribution in [2.45, 2.75) is 18.7 Å². The molecule has 0 atom stereocenters. The van der Waals surface area contributed by atoms with E-state index in [2.05, 4.69) is 15.9 Å². The summed E-state index contributed by atoms with van der Waals surface area (Å²) in [6.45, 7) is 3.71. The van der Waals surface area contributed by atoms with Crippen LogP contribution in [0.1, 0.15) is 11.1 Å². The second-order valence-corrected chi connectivity index (χ2v) is 6.17. The van der Waals surface area contributed by atoms with Crippen LogP contribution in [0.4, 0.5) is 0 Å². The third kappa shape index (κ3) is 4.87. The molecule has 0 aliphatic carbocycles. The maximum absolute atomic E-state index is 11.7.